The van der Waals surface area contributed by atoms with Gasteiger partial charge in [-0.15, -0.1) is 6.42 Å². The molecule has 0 nitrogen and oxygen atoms in total. The van der Waals surface area contributed by atoms with Crippen molar-refractivity contribution in [2.75, 3.05) is 0 Å². The molecule has 1 saturated carbocycles. The minimum absolute atomic E-state index is 1.13. The topological polar surface area (TPSA) is 0 Å². The lowest BCUT2D eigenvalue weighted by Gasteiger charge is -2.18. The van der Waals surface area contributed by atoms with E-state index in [1.54, 1.807) is 5.57 Å². The second-order valence-corrected chi connectivity index (χ2v) is 4.72. The van der Waals surface area contributed by atoms with E-state index in [4.69, 9.17) is 6.42 Å². The summed E-state index contributed by atoms with van der Waals surface area (Å²) in [6.07, 6.45) is 19.7. The van der Waals surface area contributed by atoms with Crippen LogP contribution in [0.15, 0.2) is 22.8 Å². The zero-order chi connectivity index (χ0) is 10.5. The molecule has 0 radical (unpaired) electrons. The Bertz CT molecular complexity index is 314. The molecule has 0 aromatic carbocycles. The maximum Gasteiger partial charge on any atom is 0.00495 e. The predicted octanol–water partition coefficient (Wildman–Crippen LogP) is 4.38. The fourth-order valence-electron chi connectivity index (χ4n) is 2.65. The summed E-state index contributed by atoms with van der Waals surface area (Å²) in [5, 5.41) is 0. The molecule has 15 heavy (non-hydrogen) atoms. The molecule has 1 fully saturated rings. The zero-order valence-electron chi connectivity index (χ0n) is 9.52. The number of hydrogen-bond acceptors (Lipinski definition) is 0. The molecule has 2 aliphatic carbocycles. The predicted molar refractivity (Wildman–Crippen MR) is 65.5 cm³/mol. The van der Waals surface area contributed by atoms with Crippen LogP contribution in [0.2, 0.25) is 0 Å². The summed E-state index contributed by atoms with van der Waals surface area (Å²) in [4.78, 5) is 0. The van der Waals surface area contributed by atoms with E-state index in [0.29, 0.717) is 0 Å². The summed E-state index contributed by atoms with van der Waals surface area (Å²) < 4.78 is 0. The van der Waals surface area contributed by atoms with E-state index in [1.165, 1.54) is 62.5 Å². The molecule has 0 heterocycles. The van der Waals surface area contributed by atoms with Gasteiger partial charge in [-0.3, -0.25) is 0 Å². The number of hydrogen-bond donors (Lipinski definition) is 0. The van der Waals surface area contributed by atoms with Crippen molar-refractivity contribution in [1.29, 1.82) is 0 Å². The van der Waals surface area contributed by atoms with Gasteiger partial charge in [0.1, 0.15) is 0 Å². The lowest BCUT2D eigenvalue weighted by molar-refractivity contribution is 0.596. The maximum absolute atomic E-state index is 5.56. The lowest BCUT2D eigenvalue weighted by Crippen LogP contribution is -1.99. The zero-order valence-corrected chi connectivity index (χ0v) is 9.52. The average Bonchev–Trinajstić information content (AvgIpc) is 2.31. The van der Waals surface area contributed by atoms with Gasteiger partial charge in [-0.25, -0.2) is 0 Å². The Morgan fingerprint density at radius 3 is 2.27 bits per heavy atom. The average molecular weight is 200 g/mol. The van der Waals surface area contributed by atoms with Crippen LogP contribution in [-0.4, -0.2) is 0 Å². The highest BCUT2D eigenvalue weighted by molar-refractivity contribution is 5.40. The Labute approximate surface area is 93.5 Å². The Morgan fingerprint density at radius 1 is 0.867 bits per heavy atom. The maximum atomic E-state index is 5.56. The molecule has 0 unspecified atom stereocenters. The van der Waals surface area contributed by atoms with Crippen LogP contribution in [0.25, 0.3) is 0 Å². The minimum atomic E-state index is 1.13. The van der Waals surface area contributed by atoms with E-state index in [2.05, 4.69) is 12.0 Å². The van der Waals surface area contributed by atoms with Crippen molar-refractivity contribution in [2.45, 2.75) is 57.8 Å². The van der Waals surface area contributed by atoms with Crippen LogP contribution < -0.4 is 0 Å². The Morgan fingerprint density at radius 2 is 1.53 bits per heavy atom. The van der Waals surface area contributed by atoms with E-state index in [9.17, 15) is 0 Å². The molecule has 2 rings (SSSR count). The standard InChI is InChI=1S/C15H20/c1-2-14-10-6-7-11-15(14)12-13-8-4-3-5-9-13/h1,12H,3-11H2. The molecular weight excluding hydrogens is 180 g/mol. The van der Waals surface area contributed by atoms with Crippen LogP contribution in [-0.2, 0) is 0 Å². The first kappa shape index (κ1) is 10.6. The van der Waals surface area contributed by atoms with Gasteiger partial charge in [-0.05, 0) is 56.9 Å². The molecule has 0 aliphatic heterocycles. The second kappa shape index (κ2) is 5.21. The van der Waals surface area contributed by atoms with Crippen LogP contribution in [0.4, 0.5) is 0 Å². The fourth-order valence-corrected chi connectivity index (χ4v) is 2.65. The van der Waals surface area contributed by atoms with Crippen molar-refractivity contribution >= 4 is 0 Å². The monoisotopic (exact) mass is 200 g/mol. The first-order chi connectivity index (χ1) is 7.40. The van der Waals surface area contributed by atoms with E-state index in [-0.39, 0.29) is 0 Å². The Hall–Kier alpha value is -0.960. The van der Waals surface area contributed by atoms with Crippen molar-refractivity contribution in [2.24, 2.45) is 0 Å². The molecule has 0 bridgehead atoms. The van der Waals surface area contributed by atoms with Crippen LogP contribution in [0, 0.1) is 12.3 Å². The van der Waals surface area contributed by atoms with Gasteiger partial charge in [-0.1, -0.05) is 24.0 Å². The smallest absolute Gasteiger partial charge is 0.00495 e. The number of rotatable bonds is 1. The summed E-state index contributed by atoms with van der Waals surface area (Å²) in [5.41, 5.74) is 4.39. The minimum Gasteiger partial charge on any atom is -0.115 e. The highest BCUT2D eigenvalue weighted by atomic mass is 14.2. The summed E-state index contributed by atoms with van der Waals surface area (Å²) in [6.45, 7) is 0. The molecular formula is C15H20. The third-order valence-electron chi connectivity index (χ3n) is 3.56. The van der Waals surface area contributed by atoms with Crippen LogP contribution in [0.1, 0.15) is 57.8 Å². The van der Waals surface area contributed by atoms with Gasteiger partial charge in [-0.2, -0.15) is 0 Å². The second-order valence-electron chi connectivity index (χ2n) is 4.72. The summed E-state index contributed by atoms with van der Waals surface area (Å²) in [5.74, 6) is 2.88. The first-order valence-electron chi connectivity index (χ1n) is 6.28. The first-order valence-corrected chi connectivity index (χ1v) is 6.28. The van der Waals surface area contributed by atoms with Crippen LogP contribution >= 0.6 is 0 Å². The van der Waals surface area contributed by atoms with E-state index in [0.717, 1.165) is 6.42 Å². The quantitative estimate of drug-likeness (QED) is 0.551. The van der Waals surface area contributed by atoms with Gasteiger partial charge in [0.25, 0.3) is 0 Å². The molecule has 0 spiro atoms. The number of terminal acetylenes is 1. The molecule has 0 saturated heterocycles. The SMILES string of the molecule is C#CC1=C(C=C2CCCCC2)CCCC1. The van der Waals surface area contributed by atoms with Gasteiger partial charge in [0, 0.05) is 5.57 Å². The third-order valence-corrected chi connectivity index (χ3v) is 3.56. The Balaban J connectivity index is 2.14. The lowest BCUT2D eigenvalue weighted by atomic mass is 9.87. The Kier molecular flexibility index (Phi) is 3.67. The van der Waals surface area contributed by atoms with Gasteiger partial charge < -0.3 is 0 Å². The highest BCUT2D eigenvalue weighted by Gasteiger charge is 2.11. The summed E-state index contributed by atoms with van der Waals surface area (Å²) in [6, 6.07) is 0. The molecule has 0 N–H and O–H groups in total. The van der Waals surface area contributed by atoms with Gasteiger partial charge in [0.15, 0.2) is 0 Å². The molecule has 2 aliphatic rings. The van der Waals surface area contributed by atoms with Crippen LogP contribution in [0.5, 0.6) is 0 Å². The van der Waals surface area contributed by atoms with Crippen molar-refractivity contribution in [1.82, 2.24) is 0 Å². The van der Waals surface area contributed by atoms with E-state index >= 15 is 0 Å². The highest BCUT2D eigenvalue weighted by Crippen LogP contribution is 2.30. The normalized spacial score (nSPS) is 22.5. The third kappa shape index (κ3) is 2.75. The summed E-state index contributed by atoms with van der Waals surface area (Å²) in [7, 11) is 0. The van der Waals surface area contributed by atoms with E-state index < -0.39 is 0 Å². The molecule has 0 atom stereocenters. The van der Waals surface area contributed by atoms with Crippen LogP contribution in [0.3, 0.4) is 0 Å². The van der Waals surface area contributed by atoms with Crippen molar-refractivity contribution in [3.8, 4) is 12.3 Å². The van der Waals surface area contributed by atoms with Crippen molar-refractivity contribution in [3.05, 3.63) is 22.8 Å². The van der Waals surface area contributed by atoms with E-state index in [1.807, 2.05) is 0 Å². The molecule has 0 amide bonds. The largest absolute Gasteiger partial charge is 0.115 e. The van der Waals surface area contributed by atoms with Gasteiger partial charge in [0.2, 0.25) is 0 Å². The van der Waals surface area contributed by atoms with Gasteiger partial charge >= 0.3 is 0 Å². The van der Waals surface area contributed by atoms with Crippen molar-refractivity contribution < 1.29 is 0 Å². The fraction of sp³-hybridized carbons (Fsp3) is 0.600. The molecule has 80 valence electrons. The summed E-state index contributed by atoms with van der Waals surface area (Å²) >= 11 is 0. The van der Waals surface area contributed by atoms with Gasteiger partial charge in [0.05, 0.1) is 0 Å². The molecule has 0 heteroatoms. The number of allylic oxidation sites excluding steroid dienone is 4. The molecule has 0 aromatic rings. The van der Waals surface area contributed by atoms with Crippen molar-refractivity contribution in [3.63, 3.8) is 0 Å². The molecule has 0 aromatic heterocycles.